The van der Waals surface area contributed by atoms with Gasteiger partial charge in [0.15, 0.2) is 0 Å². The van der Waals surface area contributed by atoms with Gasteiger partial charge in [-0.2, -0.15) is 4.72 Å². The van der Waals surface area contributed by atoms with Gasteiger partial charge in [0, 0.05) is 17.3 Å². The molecule has 2 N–H and O–H groups in total. The number of hydrogen-bond donors (Lipinski definition) is 2. The molecule has 0 fully saturated rings. The lowest BCUT2D eigenvalue weighted by atomic mass is 10.1. The van der Waals surface area contributed by atoms with Gasteiger partial charge in [-0.1, -0.05) is 60.7 Å². The fourth-order valence-electron chi connectivity index (χ4n) is 3.67. The molecule has 4 aromatic rings. The number of carbonyl (C=O) groups is 1. The number of benzene rings is 3. The van der Waals surface area contributed by atoms with Gasteiger partial charge in [-0.25, -0.2) is 8.42 Å². The second kappa shape index (κ2) is 9.52. The van der Waals surface area contributed by atoms with Gasteiger partial charge >= 0.3 is 0 Å². The number of aryl methyl sites for hydroxylation is 2. The Balaban J connectivity index is 1.68. The number of nitrogens with zero attached hydrogens (tertiary/aromatic N) is 1. The standard InChI is InChI=1S/C26H25N3O3S/c1-18-13-14-19(2)22(16-18)28-26(30)23(17-20-8-4-3-5-9-20)29-33(31,32)24-12-6-10-21-11-7-15-27-25(21)24/h3-16,23,29H,17H2,1-2H3,(H,28,30)/t23-/m1/s1. The minimum atomic E-state index is -4.04. The van der Waals surface area contributed by atoms with Crippen molar-refractivity contribution in [3.63, 3.8) is 0 Å². The molecule has 0 aliphatic rings. The summed E-state index contributed by atoms with van der Waals surface area (Å²) in [4.78, 5) is 17.6. The highest BCUT2D eigenvalue weighted by molar-refractivity contribution is 7.89. The molecule has 168 valence electrons. The van der Waals surface area contributed by atoms with Crippen molar-refractivity contribution < 1.29 is 13.2 Å². The van der Waals surface area contributed by atoms with E-state index in [4.69, 9.17) is 0 Å². The van der Waals surface area contributed by atoms with E-state index in [1.54, 1.807) is 30.5 Å². The molecular formula is C26H25N3O3S. The summed E-state index contributed by atoms with van der Waals surface area (Å²) in [5, 5.41) is 3.61. The zero-order valence-corrected chi connectivity index (χ0v) is 19.3. The van der Waals surface area contributed by atoms with Crippen LogP contribution in [-0.2, 0) is 21.2 Å². The molecule has 0 saturated heterocycles. The molecule has 0 unspecified atom stereocenters. The van der Waals surface area contributed by atoms with E-state index in [2.05, 4.69) is 15.0 Å². The molecule has 1 heterocycles. The molecule has 0 aliphatic carbocycles. The number of aromatic nitrogens is 1. The lowest BCUT2D eigenvalue weighted by Crippen LogP contribution is -2.45. The minimum Gasteiger partial charge on any atom is -0.324 e. The highest BCUT2D eigenvalue weighted by atomic mass is 32.2. The number of pyridine rings is 1. The molecule has 0 spiro atoms. The van der Waals surface area contributed by atoms with Crippen molar-refractivity contribution in [2.24, 2.45) is 0 Å². The predicted octanol–water partition coefficient (Wildman–Crippen LogP) is 4.38. The lowest BCUT2D eigenvalue weighted by Gasteiger charge is -2.20. The maximum Gasteiger partial charge on any atom is 0.243 e. The predicted molar refractivity (Wildman–Crippen MR) is 131 cm³/mol. The van der Waals surface area contributed by atoms with Crippen LogP contribution in [0, 0.1) is 13.8 Å². The maximum atomic E-state index is 13.4. The smallest absolute Gasteiger partial charge is 0.243 e. The lowest BCUT2D eigenvalue weighted by molar-refractivity contribution is -0.117. The van der Waals surface area contributed by atoms with Gasteiger partial charge in [-0.05, 0) is 55.2 Å². The van der Waals surface area contributed by atoms with Gasteiger partial charge in [0.1, 0.15) is 10.9 Å². The first-order valence-electron chi connectivity index (χ1n) is 10.6. The highest BCUT2D eigenvalue weighted by Crippen LogP contribution is 2.22. The fourth-order valence-corrected chi connectivity index (χ4v) is 5.05. The van der Waals surface area contributed by atoms with Crippen LogP contribution in [0.4, 0.5) is 5.69 Å². The third kappa shape index (κ3) is 5.27. The van der Waals surface area contributed by atoms with E-state index < -0.39 is 22.0 Å². The van der Waals surface area contributed by atoms with Crippen molar-refractivity contribution in [2.75, 3.05) is 5.32 Å². The van der Waals surface area contributed by atoms with Gasteiger partial charge in [-0.3, -0.25) is 9.78 Å². The largest absolute Gasteiger partial charge is 0.324 e. The Morgan fingerprint density at radius 3 is 2.48 bits per heavy atom. The third-order valence-corrected chi connectivity index (χ3v) is 6.94. The van der Waals surface area contributed by atoms with Gasteiger partial charge < -0.3 is 5.32 Å². The van der Waals surface area contributed by atoms with Crippen LogP contribution < -0.4 is 10.0 Å². The van der Waals surface area contributed by atoms with Crippen LogP contribution in [0.5, 0.6) is 0 Å². The number of carbonyl (C=O) groups excluding carboxylic acids is 1. The van der Waals surface area contributed by atoms with Crippen molar-refractivity contribution in [1.29, 1.82) is 0 Å². The Bertz CT molecular complexity index is 1400. The van der Waals surface area contributed by atoms with E-state index in [9.17, 15) is 13.2 Å². The highest BCUT2D eigenvalue weighted by Gasteiger charge is 2.28. The van der Waals surface area contributed by atoms with Crippen molar-refractivity contribution >= 4 is 32.5 Å². The molecule has 1 aromatic heterocycles. The van der Waals surface area contributed by atoms with Crippen molar-refractivity contribution in [1.82, 2.24) is 9.71 Å². The average Bonchev–Trinajstić information content (AvgIpc) is 2.81. The first-order valence-corrected chi connectivity index (χ1v) is 12.1. The number of sulfonamides is 1. The zero-order chi connectivity index (χ0) is 23.4. The van der Waals surface area contributed by atoms with Crippen molar-refractivity contribution in [2.45, 2.75) is 31.2 Å². The summed E-state index contributed by atoms with van der Waals surface area (Å²) < 4.78 is 29.4. The van der Waals surface area contributed by atoms with E-state index in [1.807, 2.05) is 62.4 Å². The average molecular weight is 460 g/mol. The monoisotopic (exact) mass is 459 g/mol. The summed E-state index contributed by atoms with van der Waals surface area (Å²) >= 11 is 0. The summed E-state index contributed by atoms with van der Waals surface area (Å²) in [5.41, 5.74) is 3.76. The van der Waals surface area contributed by atoms with Crippen LogP contribution in [-0.4, -0.2) is 25.4 Å². The number of para-hydroxylation sites is 1. The quantitative estimate of drug-likeness (QED) is 0.429. The Labute approximate surface area is 193 Å². The number of hydrogen-bond acceptors (Lipinski definition) is 4. The zero-order valence-electron chi connectivity index (χ0n) is 18.4. The van der Waals surface area contributed by atoms with Gasteiger partial charge in [0.25, 0.3) is 0 Å². The molecule has 0 bridgehead atoms. The van der Waals surface area contributed by atoms with E-state index in [0.29, 0.717) is 16.6 Å². The second-order valence-corrected chi connectivity index (χ2v) is 9.68. The molecule has 3 aromatic carbocycles. The number of rotatable bonds is 7. The molecule has 0 aliphatic heterocycles. The number of anilines is 1. The topological polar surface area (TPSA) is 88.2 Å². The molecule has 33 heavy (non-hydrogen) atoms. The molecule has 1 amide bonds. The van der Waals surface area contributed by atoms with Crippen LogP contribution >= 0.6 is 0 Å². The number of fused-ring (bicyclic) bond motifs is 1. The summed E-state index contributed by atoms with van der Waals surface area (Å²) in [6.07, 6.45) is 1.75. The molecule has 0 radical (unpaired) electrons. The maximum absolute atomic E-state index is 13.4. The van der Waals surface area contributed by atoms with Gasteiger partial charge in [-0.15, -0.1) is 0 Å². The molecule has 6 nitrogen and oxygen atoms in total. The Morgan fingerprint density at radius 1 is 0.939 bits per heavy atom. The fraction of sp³-hybridized carbons (Fsp3) is 0.154. The van der Waals surface area contributed by atoms with Crippen LogP contribution in [0.2, 0.25) is 0 Å². The first-order chi connectivity index (χ1) is 15.8. The number of amides is 1. The molecule has 1 atom stereocenters. The number of nitrogens with one attached hydrogen (secondary N) is 2. The Kier molecular flexibility index (Phi) is 6.53. The van der Waals surface area contributed by atoms with Crippen molar-refractivity contribution in [3.05, 3.63) is 102 Å². The Morgan fingerprint density at radius 2 is 1.70 bits per heavy atom. The third-order valence-electron chi connectivity index (χ3n) is 5.43. The molecule has 0 saturated carbocycles. The van der Waals surface area contributed by atoms with Crippen LogP contribution in [0.3, 0.4) is 0 Å². The summed E-state index contributed by atoms with van der Waals surface area (Å²) in [6, 6.07) is 22.6. The minimum absolute atomic E-state index is 0.0400. The van der Waals surface area contributed by atoms with Crippen LogP contribution in [0.25, 0.3) is 10.9 Å². The Hall–Kier alpha value is -3.55. The SMILES string of the molecule is Cc1ccc(C)c(NC(=O)[C@@H](Cc2ccccc2)NS(=O)(=O)c2cccc3cccnc23)c1. The van der Waals surface area contributed by atoms with E-state index >= 15 is 0 Å². The van der Waals surface area contributed by atoms with E-state index in [-0.39, 0.29) is 11.3 Å². The van der Waals surface area contributed by atoms with Crippen molar-refractivity contribution in [3.8, 4) is 0 Å². The normalized spacial score (nSPS) is 12.4. The summed E-state index contributed by atoms with van der Waals surface area (Å²) in [6.45, 7) is 3.83. The summed E-state index contributed by atoms with van der Waals surface area (Å²) in [5.74, 6) is -0.427. The molecule has 4 rings (SSSR count). The van der Waals surface area contributed by atoms with Gasteiger partial charge in [0.2, 0.25) is 15.9 Å². The first kappa shape index (κ1) is 22.6. The summed E-state index contributed by atoms with van der Waals surface area (Å²) in [7, 11) is -4.04. The van der Waals surface area contributed by atoms with Gasteiger partial charge in [0.05, 0.1) is 5.52 Å². The van der Waals surface area contributed by atoms with Crippen LogP contribution in [0.15, 0.2) is 90.0 Å². The molecular weight excluding hydrogens is 434 g/mol. The molecule has 7 heteroatoms. The van der Waals surface area contributed by atoms with E-state index in [0.717, 1.165) is 16.7 Å². The second-order valence-electron chi connectivity index (χ2n) is 8.00. The van der Waals surface area contributed by atoms with Crippen LogP contribution in [0.1, 0.15) is 16.7 Å². The van der Waals surface area contributed by atoms with E-state index in [1.165, 1.54) is 6.07 Å².